The number of nitrogens with zero attached hydrogens (tertiary/aromatic N) is 4. The highest BCUT2D eigenvalue weighted by Gasteiger charge is 2.22. The Balaban J connectivity index is 1.80. The van der Waals surface area contributed by atoms with E-state index in [2.05, 4.69) is 44.4 Å². The number of methoxy groups -OCH3 is 1. The first-order chi connectivity index (χ1) is 16.5. The zero-order chi connectivity index (χ0) is 24.1. The number of ether oxygens (including phenoxy) is 1. The molecule has 34 heavy (non-hydrogen) atoms. The molecule has 2 heterocycles. The zero-order valence-corrected chi connectivity index (χ0v) is 18.9. The van der Waals surface area contributed by atoms with Crippen molar-refractivity contribution in [2.75, 3.05) is 12.4 Å². The van der Waals surface area contributed by atoms with E-state index in [0.717, 1.165) is 33.5 Å². The van der Waals surface area contributed by atoms with E-state index in [9.17, 15) is 4.79 Å². The van der Waals surface area contributed by atoms with Crippen molar-refractivity contribution in [3.8, 4) is 5.95 Å². The summed E-state index contributed by atoms with van der Waals surface area (Å²) in [6, 6.07) is 14.6. The summed E-state index contributed by atoms with van der Waals surface area (Å²) in [4.78, 5) is 23.8. The smallest absolute Gasteiger partial charge is 0.350 e. The molecule has 10 nitrogen and oxygen atoms in total. The van der Waals surface area contributed by atoms with E-state index in [-0.39, 0.29) is 11.8 Å². The molecule has 0 saturated heterocycles. The lowest BCUT2D eigenvalue weighted by molar-refractivity contribution is 0.185. The van der Waals surface area contributed by atoms with Crippen molar-refractivity contribution < 1.29 is 4.74 Å². The van der Waals surface area contributed by atoms with Gasteiger partial charge in [0.25, 0.3) is 5.95 Å². The number of H-pyrrole nitrogens is 1. The normalized spacial score (nSPS) is 11.8. The summed E-state index contributed by atoms with van der Waals surface area (Å²) in [7, 11) is 1.66. The van der Waals surface area contributed by atoms with Crippen LogP contribution >= 0.6 is 0 Å². The van der Waals surface area contributed by atoms with Gasteiger partial charge in [-0.25, -0.2) is 14.8 Å². The molecular formula is C24H26N8O2. The highest BCUT2D eigenvalue weighted by molar-refractivity contribution is 5.95. The Hall–Kier alpha value is -4.31. The summed E-state index contributed by atoms with van der Waals surface area (Å²) in [5.41, 5.74) is 9.61. The molecule has 10 heteroatoms. The lowest BCUT2D eigenvalue weighted by Crippen LogP contribution is -2.18. The lowest BCUT2D eigenvalue weighted by atomic mass is 9.98. The van der Waals surface area contributed by atoms with E-state index < -0.39 is 11.7 Å². The van der Waals surface area contributed by atoms with Gasteiger partial charge in [0.15, 0.2) is 5.82 Å². The number of hydrogen-bond acceptors (Lipinski definition) is 7. The number of aromatic amines is 1. The van der Waals surface area contributed by atoms with Crippen LogP contribution in [0.3, 0.4) is 0 Å². The molecule has 0 fully saturated rings. The van der Waals surface area contributed by atoms with Crippen LogP contribution < -0.4 is 16.7 Å². The van der Waals surface area contributed by atoms with Crippen molar-refractivity contribution in [2.45, 2.75) is 26.0 Å². The average Bonchev–Trinajstić information content (AvgIpc) is 3.24. The Morgan fingerprint density at radius 3 is 2.53 bits per heavy atom. The SMILES string of the molecule is CCc1cc(COC)cc(C(Nc2ccc(C(=N)N)cc2)c2nn(-c3ncccn3)c(=O)[nH]2)c1. The van der Waals surface area contributed by atoms with E-state index in [1.807, 2.05) is 18.2 Å². The van der Waals surface area contributed by atoms with Gasteiger partial charge in [-0.15, -0.1) is 9.78 Å². The van der Waals surface area contributed by atoms with Crippen molar-refractivity contribution in [1.82, 2.24) is 24.7 Å². The monoisotopic (exact) mass is 458 g/mol. The van der Waals surface area contributed by atoms with Crippen molar-refractivity contribution in [3.63, 3.8) is 0 Å². The number of amidine groups is 1. The highest BCUT2D eigenvalue weighted by Crippen LogP contribution is 2.27. The number of benzene rings is 2. The molecule has 5 N–H and O–H groups in total. The van der Waals surface area contributed by atoms with Gasteiger partial charge < -0.3 is 15.8 Å². The summed E-state index contributed by atoms with van der Waals surface area (Å²) in [5, 5.41) is 15.6. The number of rotatable bonds is 9. The van der Waals surface area contributed by atoms with Gasteiger partial charge >= 0.3 is 5.69 Å². The number of nitrogens with two attached hydrogens (primary N) is 1. The number of aryl methyl sites for hydroxylation is 1. The van der Waals surface area contributed by atoms with E-state index in [1.54, 1.807) is 37.7 Å². The molecule has 0 amide bonds. The Kier molecular flexibility index (Phi) is 6.79. The molecule has 0 saturated carbocycles. The van der Waals surface area contributed by atoms with Crippen molar-refractivity contribution in [3.05, 3.63) is 99.5 Å². The fourth-order valence-electron chi connectivity index (χ4n) is 3.64. The van der Waals surface area contributed by atoms with E-state index in [4.69, 9.17) is 15.9 Å². The van der Waals surface area contributed by atoms with Crippen molar-refractivity contribution >= 4 is 11.5 Å². The van der Waals surface area contributed by atoms with Crippen molar-refractivity contribution in [2.24, 2.45) is 5.73 Å². The largest absolute Gasteiger partial charge is 0.384 e. The third kappa shape index (κ3) is 5.02. The van der Waals surface area contributed by atoms with Gasteiger partial charge in [0.1, 0.15) is 11.9 Å². The summed E-state index contributed by atoms with van der Waals surface area (Å²) >= 11 is 0. The van der Waals surface area contributed by atoms with Gasteiger partial charge in [0, 0.05) is 30.8 Å². The minimum Gasteiger partial charge on any atom is -0.384 e. The molecule has 0 bridgehead atoms. The van der Waals surface area contributed by atoms with Crippen LogP contribution in [0.15, 0.2) is 65.7 Å². The van der Waals surface area contributed by atoms with Gasteiger partial charge in [-0.05, 0) is 53.4 Å². The Labute approximate surface area is 196 Å². The van der Waals surface area contributed by atoms with E-state index in [1.165, 1.54) is 0 Å². The molecule has 1 unspecified atom stereocenters. The summed E-state index contributed by atoms with van der Waals surface area (Å²) in [5.74, 6) is 0.584. The topological polar surface area (TPSA) is 148 Å². The van der Waals surface area contributed by atoms with Crippen LogP contribution in [-0.2, 0) is 17.8 Å². The number of hydrogen-bond donors (Lipinski definition) is 4. The maximum atomic E-state index is 12.7. The first-order valence-corrected chi connectivity index (χ1v) is 10.8. The maximum Gasteiger partial charge on any atom is 0.350 e. The Morgan fingerprint density at radius 2 is 1.88 bits per heavy atom. The fraction of sp³-hybridized carbons (Fsp3) is 0.208. The average molecular weight is 459 g/mol. The molecule has 2 aromatic heterocycles. The number of anilines is 1. The predicted octanol–water partition coefficient (Wildman–Crippen LogP) is 2.54. The Morgan fingerprint density at radius 1 is 1.18 bits per heavy atom. The van der Waals surface area contributed by atoms with Gasteiger partial charge in [-0.3, -0.25) is 10.4 Å². The molecule has 0 radical (unpaired) electrons. The zero-order valence-electron chi connectivity index (χ0n) is 18.9. The standard InChI is InChI=1S/C24H26N8O2/c1-3-15-11-16(14-34-2)13-18(12-15)20(29-19-7-5-17(6-8-19)21(25)26)22-30-24(33)32(31-22)23-27-9-4-10-28-23/h4-13,20,29H,3,14H2,1-2H3,(H3,25,26)(H,30,31,33). The highest BCUT2D eigenvalue weighted by atomic mass is 16.5. The van der Waals surface area contributed by atoms with Gasteiger partial charge in [0.05, 0.1) is 6.61 Å². The summed E-state index contributed by atoms with van der Waals surface area (Å²) < 4.78 is 6.50. The third-order valence-corrected chi connectivity index (χ3v) is 5.28. The van der Waals surface area contributed by atoms with Crippen LogP contribution in [0.4, 0.5) is 5.69 Å². The molecule has 0 aliphatic carbocycles. The number of aromatic nitrogens is 5. The molecule has 4 aromatic rings. The van der Waals surface area contributed by atoms with Gasteiger partial charge in [0.2, 0.25) is 0 Å². The number of nitrogen functional groups attached to an aromatic ring is 1. The Bertz CT molecular complexity index is 1330. The molecular weight excluding hydrogens is 432 g/mol. The minimum absolute atomic E-state index is 0.00566. The second-order valence-corrected chi connectivity index (χ2v) is 7.71. The number of nitrogens with one attached hydrogen (secondary N) is 3. The molecule has 1 atom stereocenters. The van der Waals surface area contributed by atoms with Crippen LogP contribution in [0.2, 0.25) is 0 Å². The van der Waals surface area contributed by atoms with Crippen LogP contribution in [0.5, 0.6) is 0 Å². The van der Waals surface area contributed by atoms with Crippen LogP contribution in [0, 0.1) is 5.41 Å². The third-order valence-electron chi connectivity index (χ3n) is 5.28. The molecule has 174 valence electrons. The summed E-state index contributed by atoms with van der Waals surface area (Å²) in [6.45, 7) is 2.55. The van der Waals surface area contributed by atoms with Crippen LogP contribution in [0.25, 0.3) is 5.95 Å². The molecule has 0 spiro atoms. The quantitative estimate of drug-likeness (QED) is 0.222. The van der Waals surface area contributed by atoms with Gasteiger partial charge in [-0.1, -0.05) is 25.1 Å². The maximum absolute atomic E-state index is 12.7. The second-order valence-electron chi connectivity index (χ2n) is 7.71. The first-order valence-electron chi connectivity index (χ1n) is 10.8. The molecule has 0 aliphatic rings. The molecule has 2 aromatic carbocycles. The van der Waals surface area contributed by atoms with E-state index in [0.29, 0.717) is 18.0 Å². The second kappa shape index (κ2) is 10.1. The predicted molar refractivity (Wildman–Crippen MR) is 129 cm³/mol. The van der Waals surface area contributed by atoms with E-state index >= 15 is 0 Å². The first kappa shape index (κ1) is 22.9. The molecule has 0 aliphatic heterocycles. The van der Waals surface area contributed by atoms with Crippen molar-refractivity contribution in [1.29, 1.82) is 5.41 Å². The van der Waals surface area contributed by atoms with Crippen LogP contribution in [0.1, 0.15) is 41.0 Å². The fourth-order valence-corrected chi connectivity index (χ4v) is 3.64. The lowest BCUT2D eigenvalue weighted by Gasteiger charge is -2.20. The minimum atomic E-state index is -0.483. The molecule has 4 rings (SSSR count). The van der Waals surface area contributed by atoms with Gasteiger partial charge in [-0.2, -0.15) is 0 Å². The van der Waals surface area contributed by atoms with Crippen LogP contribution in [-0.4, -0.2) is 37.7 Å². The summed E-state index contributed by atoms with van der Waals surface area (Å²) in [6.07, 6.45) is 3.95.